The SMILES string of the molecule is C(=Cc1ccc(-c2ccc3c(c2)c2ccccc2n3-c2ccccc2)cc1)c1ccc(-c2ccc3c(c2)C2(CCCC2)c2cc(-c4ccc(C=Cc5ccc(-c6ccc7c(c6)c6ccccc6n7-c6ccccc6)cc5)cc4)ccc2-3)cc1. The lowest BCUT2D eigenvalue weighted by atomic mass is 9.75. The minimum Gasteiger partial charge on any atom is -0.309 e. The molecular weight excluding hydrogens is 1000 g/mol. The second-order valence-electron chi connectivity index (χ2n) is 22.8. The number of nitrogens with zero attached hydrogens (tertiary/aromatic N) is 2. The number of hydrogen-bond donors (Lipinski definition) is 0. The Labute approximate surface area is 484 Å². The molecule has 0 aliphatic heterocycles. The van der Waals surface area contributed by atoms with E-state index in [-0.39, 0.29) is 5.41 Å². The minimum atomic E-state index is 0.0538. The van der Waals surface area contributed by atoms with E-state index in [4.69, 9.17) is 0 Å². The number of para-hydroxylation sites is 4. The van der Waals surface area contributed by atoms with Crippen LogP contribution in [-0.4, -0.2) is 9.13 Å². The van der Waals surface area contributed by atoms with E-state index in [0.717, 1.165) is 0 Å². The molecule has 1 fully saturated rings. The summed E-state index contributed by atoms with van der Waals surface area (Å²) < 4.78 is 4.74. The smallest absolute Gasteiger partial charge is 0.0541 e. The van der Waals surface area contributed by atoms with Crippen molar-refractivity contribution in [1.82, 2.24) is 9.13 Å². The fourth-order valence-electron chi connectivity index (χ4n) is 13.9. The van der Waals surface area contributed by atoms with Crippen LogP contribution in [0, 0.1) is 0 Å². The molecule has 0 atom stereocenters. The topological polar surface area (TPSA) is 9.86 Å². The molecule has 0 unspecified atom stereocenters. The Bertz CT molecular complexity index is 4530. The molecule has 2 heteroatoms. The maximum Gasteiger partial charge on any atom is 0.0541 e. The van der Waals surface area contributed by atoms with E-state index in [1.165, 1.54) is 170 Å². The Hall–Kier alpha value is -10.3. The zero-order chi connectivity index (χ0) is 54.8. The molecule has 0 N–H and O–H groups in total. The van der Waals surface area contributed by atoms with Gasteiger partial charge in [0.15, 0.2) is 0 Å². The second kappa shape index (κ2) is 20.1. The van der Waals surface area contributed by atoms with E-state index in [0.29, 0.717) is 0 Å². The summed E-state index contributed by atoms with van der Waals surface area (Å²) >= 11 is 0. The summed E-state index contributed by atoms with van der Waals surface area (Å²) in [5, 5.41) is 5.07. The minimum absolute atomic E-state index is 0.0538. The summed E-state index contributed by atoms with van der Waals surface area (Å²) in [7, 11) is 0. The van der Waals surface area contributed by atoms with Crippen LogP contribution in [0.2, 0.25) is 0 Å². The molecule has 1 spiro atoms. The largest absolute Gasteiger partial charge is 0.309 e. The number of aromatic nitrogens is 2. The third-order valence-electron chi connectivity index (χ3n) is 18.1. The molecule has 2 aliphatic rings. The van der Waals surface area contributed by atoms with Gasteiger partial charge in [-0.1, -0.05) is 243 Å². The fourth-order valence-corrected chi connectivity index (χ4v) is 13.9. The van der Waals surface area contributed by atoms with Gasteiger partial charge in [0.2, 0.25) is 0 Å². The van der Waals surface area contributed by atoms with Gasteiger partial charge in [-0.3, -0.25) is 0 Å². The van der Waals surface area contributed by atoms with Gasteiger partial charge in [0.25, 0.3) is 0 Å². The summed E-state index contributed by atoms with van der Waals surface area (Å²) in [4.78, 5) is 0. The maximum atomic E-state index is 2.52. The van der Waals surface area contributed by atoms with Crippen molar-refractivity contribution in [2.75, 3.05) is 0 Å². The molecule has 16 rings (SSSR count). The molecule has 0 amide bonds. The molecule has 0 radical (unpaired) electrons. The van der Waals surface area contributed by atoms with E-state index in [1.807, 2.05) is 0 Å². The Morgan fingerprint density at radius 3 is 0.928 bits per heavy atom. The lowest BCUT2D eigenvalue weighted by Gasteiger charge is -2.27. The first kappa shape index (κ1) is 48.6. The molecule has 12 aromatic carbocycles. The van der Waals surface area contributed by atoms with E-state index in [1.54, 1.807) is 0 Å². The zero-order valence-electron chi connectivity index (χ0n) is 46.1. The van der Waals surface area contributed by atoms with Gasteiger partial charge in [0, 0.05) is 38.3 Å². The molecular formula is C81H58N2. The molecule has 392 valence electrons. The van der Waals surface area contributed by atoms with Gasteiger partial charge < -0.3 is 9.13 Å². The van der Waals surface area contributed by atoms with Gasteiger partial charge >= 0.3 is 0 Å². The second-order valence-corrected chi connectivity index (χ2v) is 22.8. The average molecular weight is 1060 g/mol. The van der Waals surface area contributed by atoms with Gasteiger partial charge in [-0.25, -0.2) is 0 Å². The Balaban J connectivity index is 0.595. The first-order valence-electron chi connectivity index (χ1n) is 29.3. The summed E-state index contributed by atoms with van der Waals surface area (Å²) in [6.45, 7) is 0. The number of rotatable bonds is 10. The molecule has 0 saturated heterocycles. The summed E-state index contributed by atoms with van der Waals surface area (Å²) in [5.41, 5.74) is 27.8. The van der Waals surface area contributed by atoms with Crippen molar-refractivity contribution in [3.8, 4) is 67.0 Å². The molecule has 2 aromatic heterocycles. The van der Waals surface area contributed by atoms with Gasteiger partial charge in [-0.15, -0.1) is 0 Å². The van der Waals surface area contributed by atoms with E-state index in [9.17, 15) is 0 Å². The standard InChI is InChI=1S/C81H58N2/c1-3-13-67(14-4-1)82-77-19-9-7-17-71(77)73-51-63(43-47-79(73)82)59-33-25-55(26-34-59)21-23-57-29-37-61(38-30-57)65-41-45-69-70-46-42-66(54-76(70)81(75(69)53-65)49-11-12-50-81)62-39-31-58(32-40-62)24-22-56-27-35-60(36-28-56)64-44-48-80-74(52-64)72-18-8-10-20-78(72)83(80)68-15-5-2-6-16-68/h1-10,13-48,51-54H,11-12,49-50H2. The van der Waals surface area contributed by atoms with Crippen molar-refractivity contribution >= 4 is 67.9 Å². The first-order chi connectivity index (χ1) is 41.1. The quantitative estimate of drug-likeness (QED) is 0.121. The van der Waals surface area contributed by atoms with Crippen molar-refractivity contribution in [3.05, 3.63) is 312 Å². The van der Waals surface area contributed by atoms with Gasteiger partial charge in [0.1, 0.15) is 0 Å². The van der Waals surface area contributed by atoms with Crippen LogP contribution >= 0.6 is 0 Å². The highest BCUT2D eigenvalue weighted by atomic mass is 15.0. The first-order valence-corrected chi connectivity index (χ1v) is 29.3. The van der Waals surface area contributed by atoms with Crippen LogP contribution < -0.4 is 0 Å². The Morgan fingerprint density at radius 1 is 0.253 bits per heavy atom. The van der Waals surface area contributed by atoms with Crippen LogP contribution in [0.15, 0.2) is 279 Å². The molecule has 14 aromatic rings. The highest BCUT2D eigenvalue weighted by Gasteiger charge is 2.45. The zero-order valence-corrected chi connectivity index (χ0v) is 46.1. The molecule has 1 saturated carbocycles. The van der Waals surface area contributed by atoms with Crippen LogP contribution in [0.25, 0.3) is 135 Å². The van der Waals surface area contributed by atoms with Crippen LogP contribution in [-0.2, 0) is 5.41 Å². The van der Waals surface area contributed by atoms with Crippen molar-refractivity contribution in [1.29, 1.82) is 0 Å². The third kappa shape index (κ3) is 8.48. The molecule has 2 heterocycles. The van der Waals surface area contributed by atoms with Crippen LogP contribution in [0.1, 0.15) is 59.1 Å². The number of fused-ring (bicyclic) bond motifs is 11. The van der Waals surface area contributed by atoms with E-state index < -0.39 is 0 Å². The lowest BCUT2D eigenvalue weighted by Crippen LogP contribution is -2.20. The van der Waals surface area contributed by atoms with Gasteiger partial charge in [-0.2, -0.15) is 0 Å². The van der Waals surface area contributed by atoms with Crippen molar-refractivity contribution in [2.45, 2.75) is 31.1 Å². The third-order valence-corrected chi connectivity index (χ3v) is 18.1. The van der Waals surface area contributed by atoms with Gasteiger partial charge in [-0.05, 0) is 175 Å². The van der Waals surface area contributed by atoms with Crippen LogP contribution in [0.3, 0.4) is 0 Å². The molecule has 0 bridgehead atoms. The lowest BCUT2D eigenvalue weighted by molar-refractivity contribution is 0.550. The fraction of sp³-hybridized carbons (Fsp3) is 0.0617. The van der Waals surface area contributed by atoms with E-state index >= 15 is 0 Å². The average Bonchev–Trinajstić information content (AvgIpc) is 2.30. The van der Waals surface area contributed by atoms with Crippen LogP contribution in [0.4, 0.5) is 0 Å². The van der Waals surface area contributed by atoms with E-state index in [2.05, 4.69) is 312 Å². The highest BCUT2D eigenvalue weighted by Crippen LogP contribution is 2.58. The predicted molar refractivity (Wildman–Crippen MR) is 352 cm³/mol. The summed E-state index contributed by atoms with van der Waals surface area (Å²) in [6, 6.07) is 103. The summed E-state index contributed by atoms with van der Waals surface area (Å²) in [6.07, 6.45) is 13.8. The monoisotopic (exact) mass is 1060 g/mol. The van der Waals surface area contributed by atoms with Crippen molar-refractivity contribution < 1.29 is 0 Å². The summed E-state index contributed by atoms with van der Waals surface area (Å²) in [5.74, 6) is 0. The Kier molecular flexibility index (Phi) is 11.7. The van der Waals surface area contributed by atoms with Crippen LogP contribution in [0.5, 0.6) is 0 Å². The predicted octanol–water partition coefficient (Wildman–Crippen LogP) is 21.7. The van der Waals surface area contributed by atoms with Gasteiger partial charge in [0.05, 0.1) is 22.1 Å². The Morgan fingerprint density at radius 2 is 0.554 bits per heavy atom. The van der Waals surface area contributed by atoms with Crippen molar-refractivity contribution in [2.24, 2.45) is 0 Å². The molecule has 2 aliphatic carbocycles. The maximum absolute atomic E-state index is 2.52. The molecule has 83 heavy (non-hydrogen) atoms. The highest BCUT2D eigenvalue weighted by molar-refractivity contribution is 6.11. The number of hydrogen-bond acceptors (Lipinski definition) is 0. The van der Waals surface area contributed by atoms with Crippen molar-refractivity contribution in [3.63, 3.8) is 0 Å². The normalized spacial score (nSPS) is 13.6. The molecule has 2 nitrogen and oxygen atoms in total. The number of benzene rings is 12.